The largest absolute Gasteiger partial charge is 0.379 e. The maximum absolute atomic E-state index is 12.2. The minimum absolute atomic E-state index is 0.0779. The summed E-state index contributed by atoms with van der Waals surface area (Å²) in [7, 11) is 0. The van der Waals surface area contributed by atoms with Crippen LogP contribution in [0.25, 0.3) is 0 Å². The Morgan fingerprint density at radius 2 is 1.92 bits per heavy atom. The molecule has 24 heavy (non-hydrogen) atoms. The summed E-state index contributed by atoms with van der Waals surface area (Å²) < 4.78 is 5.30. The number of carbonyl (C=O) groups excluding carboxylic acids is 2. The molecule has 1 aromatic carbocycles. The van der Waals surface area contributed by atoms with Gasteiger partial charge in [-0.25, -0.2) is 0 Å². The zero-order valence-electron chi connectivity index (χ0n) is 14.5. The zero-order valence-corrected chi connectivity index (χ0v) is 14.5. The quantitative estimate of drug-likeness (QED) is 0.810. The third-order valence-electron chi connectivity index (χ3n) is 4.32. The molecule has 0 bridgehead atoms. The standard InChI is InChI=1S/C18H27N3O3/c1-15(17-6-4-3-5-7-17)21(16(2)22)14-18(23)19-8-9-20-10-12-24-13-11-20/h3-7,15H,8-14H2,1-2H3,(H,19,23). The first-order chi connectivity index (χ1) is 11.6. The van der Waals surface area contributed by atoms with Crippen LogP contribution in [0.1, 0.15) is 25.5 Å². The summed E-state index contributed by atoms with van der Waals surface area (Å²) in [6.07, 6.45) is 0. The predicted molar refractivity (Wildman–Crippen MR) is 92.5 cm³/mol. The van der Waals surface area contributed by atoms with Gasteiger partial charge in [-0.05, 0) is 12.5 Å². The smallest absolute Gasteiger partial charge is 0.239 e. The molecular formula is C18H27N3O3. The highest BCUT2D eigenvalue weighted by Crippen LogP contribution is 2.19. The number of ether oxygens (including phenoxy) is 1. The monoisotopic (exact) mass is 333 g/mol. The number of hydrogen-bond acceptors (Lipinski definition) is 4. The summed E-state index contributed by atoms with van der Waals surface area (Å²) in [5, 5.41) is 2.91. The van der Waals surface area contributed by atoms with E-state index in [0.29, 0.717) is 6.54 Å². The highest BCUT2D eigenvalue weighted by molar-refractivity contribution is 5.84. The van der Waals surface area contributed by atoms with Crippen molar-refractivity contribution < 1.29 is 14.3 Å². The second kappa shape index (κ2) is 9.39. The van der Waals surface area contributed by atoms with Crippen LogP contribution in [0.2, 0.25) is 0 Å². The number of amides is 2. The van der Waals surface area contributed by atoms with Gasteiger partial charge in [-0.15, -0.1) is 0 Å². The molecule has 1 heterocycles. The SMILES string of the molecule is CC(=O)N(CC(=O)NCCN1CCOCC1)C(C)c1ccccc1. The van der Waals surface area contributed by atoms with Crippen molar-refractivity contribution in [1.82, 2.24) is 15.1 Å². The van der Waals surface area contributed by atoms with Crippen LogP contribution in [0.15, 0.2) is 30.3 Å². The maximum atomic E-state index is 12.2. The molecule has 1 aromatic rings. The van der Waals surface area contributed by atoms with Gasteiger partial charge >= 0.3 is 0 Å². The number of morpholine rings is 1. The van der Waals surface area contributed by atoms with Gasteiger partial charge < -0.3 is 15.0 Å². The first-order valence-corrected chi connectivity index (χ1v) is 8.47. The maximum Gasteiger partial charge on any atom is 0.239 e. The van der Waals surface area contributed by atoms with E-state index in [9.17, 15) is 9.59 Å². The molecule has 1 aliphatic rings. The molecule has 0 spiro atoms. The summed E-state index contributed by atoms with van der Waals surface area (Å²) in [4.78, 5) is 28.0. The molecule has 1 unspecified atom stereocenters. The van der Waals surface area contributed by atoms with Gasteiger partial charge in [0, 0.05) is 33.1 Å². The van der Waals surface area contributed by atoms with Crippen molar-refractivity contribution in [1.29, 1.82) is 0 Å². The average Bonchev–Trinajstić information content (AvgIpc) is 2.60. The molecule has 132 valence electrons. The summed E-state index contributed by atoms with van der Waals surface area (Å²) in [6.45, 7) is 8.22. The Balaban J connectivity index is 1.81. The zero-order chi connectivity index (χ0) is 17.4. The Labute approximate surface area is 143 Å². The third kappa shape index (κ3) is 5.62. The van der Waals surface area contributed by atoms with E-state index >= 15 is 0 Å². The molecule has 1 fully saturated rings. The van der Waals surface area contributed by atoms with Crippen molar-refractivity contribution in [3.05, 3.63) is 35.9 Å². The number of nitrogens with zero attached hydrogens (tertiary/aromatic N) is 2. The fourth-order valence-electron chi connectivity index (χ4n) is 2.82. The molecule has 6 nitrogen and oxygen atoms in total. The summed E-state index contributed by atoms with van der Waals surface area (Å²) in [6, 6.07) is 9.62. The van der Waals surface area contributed by atoms with Crippen LogP contribution in [0.4, 0.5) is 0 Å². The predicted octanol–water partition coefficient (Wildman–Crippen LogP) is 1.04. The molecule has 6 heteroatoms. The fraction of sp³-hybridized carbons (Fsp3) is 0.556. The van der Waals surface area contributed by atoms with E-state index in [4.69, 9.17) is 4.74 Å². The summed E-state index contributed by atoms with van der Waals surface area (Å²) in [5.41, 5.74) is 1.02. The molecule has 1 N–H and O–H groups in total. The van der Waals surface area contributed by atoms with E-state index in [-0.39, 0.29) is 24.4 Å². The second-order valence-electron chi connectivity index (χ2n) is 6.04. The number of rotatable bonds is 7. The third-order valence-corrected chi connectivity index (χ3v) is 4.32. The minimum Gasteiger partial charge on any atom is -0.379 e. The van der Waals surface area contributed by atoms with Crippen molar-refractivity contribution in [3.63, 3.8) is 0 Å². The summed E-state index contributed by atoms with van der Waals surface area (Å²) in [5.74, 6) is -0.226. The van der Waals surface area contributed by atoms with Crippen molar-refractivity contribution in [3.8, 4) is 0 Å². The van der Waals surface area contributed by atoms with Gasteiger partial charge in [0.1, 0.15) is 6.54 Å². The van der Waals surface area contributed by atoms with Crippen LogP contribution in [0.3, 0.4) is 0 Å². The Hall–Kier alpha value is -1.92. The molecule has 2 amide bonds. The molecule has 1 aliphatic heterocycles. The number of nitrogens with one attached hydrogen (secondary N) is 1. The number of benzene rings is 1. The van der Waals surface area contributed by atoms with Crippen LogP contribution < -0.4 is 5.32 Å². The van der Waals surface area contributed by atoms with E-state index in [2.05, 4.69) is 10.2 Å². The van der Waals surface area contributed by atoms with Crippen LogP contribution in [0.5, 0.6) is 0 Å². The van der Waals surface area contributed by atoms with Crippen molar-refractivity contribution in [2.45, 2.75) is 19.9 Å². The lowest BCUT2D eigenvalue weighted by molar-refractivity contribution is -0.136. The highest BCUT2D eigenvalue weighted by Gasteiger charge is 2.21. The Bertz CT molecular complexity index is 530. The van der Waals surface area contributed by atoms with Crippen LogP contribution >= 0.6 is 0 Å². The van der Waals surface area contributed by atoms with E-state index in [0.717, 1.165) is 38.4 Å². The Morgan fingerprint density at radius 3 is 2.54 bits per heavy atom. The Kier molecular flexibility index (Phi) is 7.21. The first kappa shape index (κ1) is 18.4. The van der Waals surface area contributed by atoms with Gasteiger partial charge in [0.2, 0.25) is 11.8 Å². The molecule has 2 rings (SSSR count). The van der Waals surface area contributed by atoms with Crippen molar-refractivity contribution >= 4 is 11.8 Å². The van der Waals surface area contributed by atoms with E-state index in [1.54, 1.807) is 4.90 Å². The molecule has 1 atom stereocenters. The topological polar surface area (TPSA) is 61.9 Å². The summed E-state index contributed by atoms with van der Waals surface area (Å²) >= 11 is 0. The first-order valence-electron chi connectivity index (χ1n) is 8.47. The van der Waals surface area contributed by atoms with Crippen LogP contribution in [-0.2, 0) is 14.3 Å². The van der Waals surface area contributed by atoms with E-state index < -0.39 is 0 Å². The minimum atomic E-state index is -0.131. The average molecular weight is 333 g/mol. The lowest BCUT2D eigenvalue weighted by atomic mass is 10.1. The number of carbonyl (C=O) groups is 2. The normalized spacial score (nSPS) is 16.4. The second-order valence-corrected chi connectivity index (χ2v) is 6.04. The lowest BCUT2D eigenvalue weighted by Crippen LogP contribution is -2.44. The van der Waals surface area contributed by atoms with Gasteiger partial charge in [-0.1, -0.05) is 30.3 Å². The van der Waals surface area contributed by atoms with Gasteiger partial charge in [0.05, 0.1) is 19.3 Å². The van der Waals surface area contributed by atoms with Gasteiger partial charge in [0.25, 0.3) is 0 Å². The highest BCUT2D eigenvalue weighted by atomic mass is 16.5. The molecule has 0 aliphatic carbocycles. The molecule has 1 saturated heterocycles. The van der Waals surface area contributed by atoms with Crippen LogP contribution in [0, 0.1) is 0 Å². The Morgan fingerprint density at radius 1 is 1.25 bits per heavy atom. The van der Waals surface area contributed by atoms with Crippen molar-refractivity contribution in [2.24, 2.45) is 0 Å². The van der Waals surface area contributed by atoms with Crippen molar-refractivity contribution in [2.75, 3.05) is 45.9 Å². The number of hydrogen-bond donors (Lipinski definition) is 1. The lowest BCUT2D eigenvalue weighted by Gasteiger charge is -2.29. The molecule has 0 saturated carbocycles. The fourth-order valence-corrected chi connectivity index (χ4v) is 2.82. The molecule has 0 radical (unpaired) electrons. The molecular weight excluding hydrogens is 306 g/mol. The van der Waals surface area contributed by atoms with Crippen LogP contribution in [-0.4, -0.2) is 67.6 Å². The van der Waals surface area contributed by atoms with Gasteiger partial charge in [0.15, 0.2) is 0 Å². The molecule has 0 aromatic heterocycles. The van der Waals surface area contributed by atoms with E-state index in [1.807, 2.05) is 37.3 Å². The van der Waals surface area contributed by atoms with Gasteiger partial charge in [-0.3, -0.25) is 14.5 Å². The van der Waals surface area contributed by atoms with Gasteiger partial charge in [-0.2, -0.15) is 0 Å². The van der Waals surface area contributed by atoms with E-state index in [1.165, 1.54) is 6.92 Å².